The molecule has 10 aromatic rings. The minimum absolute atomic E-state index is 0.437. The van der Waals surface area contributed by atoms with E-state index in [1.165, 1.54) is 75.5 Å². The molecule has 55 heavy (non-hydrogen) atoms. The van der Waals surface area contributed by atoms with Crippen LogP contribution in [-0.2, 0) is 5.41 Å². The van der Waals surface area contributed by atoms with Crippen LogP contribution in [0.25, 0.3) is 53.2 Å². The van der Waals surface area contributed by atoms with Crippen molar-refractivity contribution in [3.05, 3.63) is 235 Å². The van der Waals surface area contributed by atoms with Gasteiger partial charge in [0, 0.05) is 37.2 Å². The summed E-state index contributed by atoms with van der Waals surface area (Å²) in [6, 6.07) is 78.2. The van der Waals surface area contributed by atoms with Gasteiger partial charge in [0.25, 0.3) is 0 Å². The Kier molecular flexibility index (Phi) is 7.33. The number of fused-ring (bicyclic) bond motifs is 8. The van der Waals surface area contributed by atoms with Gasteiger partial charge >= 0.3 is 0 Å². The Bertz CT molecular complexity index is 2970. The van der Waals surface area contributed by atoms with Crippen molar-refractivity contribution < 1.29 is 0 Å². The molecule has 0 spiro atoms. The Morgan fingerprint density at radius 3 is 1.60 bits per heavy atom. The standard InChI is InChI=1S/C53H35NS/c1-3-13-36(14-4-1)37-23-28-41(29-24-37)54(43-32-34-44-38(35-43)25-33-48-47-19-9-12-22-51(47)55-52(44)48)42-30-26-40(27-31-42)53(39-15-5-2-6-16-39)49-20-10-7-17-45(49)46-18-8-11-21-50(46)53/h1-35H. The number of hydrogen-bond acceptors (Lipinski definition) is 2. The van der Waals surface area contributed by atoms with Crippen molar-refractivity contribution in [2.24, 2.45) is 0 Å². The molecule has 0 N–H and O–H groups in total. The van der Waals surface area contributed by atoms with Gasteiger partial charge in [0.2, 0.25) is 0 Å². The van der Waals surface area contributed by atoms with Crippen molar-refractivity contribution in [1.82, 2.24) is 0 Å². The van der Waals surface area contributed by atoms with Crippen LogP contribution in [0.3, 0.4) is 0 Å². The maximum atomic E-state index is 2.40. The first kappa shape index (κ1) is 31.8. The maximum absolute atomic E-state index is 2.40. The molecule has 1 aliphatic carbocycles. The molecule has 1 aromatic heterocycles. The van der Waals surface area contributed by atoms with Crippen LogP contribution >= 0.6 is 11.3 Å². The zero-order chi connectivity index (χ0) is 36.3. The molecule has 0 fully saturated rings. The molecule has 1 heterocycles. The number of thiophene rings is 1. The fourth-order valence-electron chi connectivity index (χ4n) is 9.09. The topological polar surface area (TPSA) is 3.24 Å². The molecule has 2 heteroatoms. The molecule has 9 aromatic carbocycles. The zero-order valence-electron chi connectivity index (χ0n) is 30.1. The van der Waals surface area contributed by atoms with Gasteiger partial charge < -0.3 is 4.90 Å². The van der Waals surface area contributed by atoms with E-state index >= 15 is 0 Å². The minimum Gasteiger partial charge on any atom is -0.310 e. The lowest BCUT2D eigenvalue weighted by Crippen LogP contribution is -2.28. The first-order valence-corrected chi connectivity index (χ1v) is 19.7. The van der Waals surface area contributed by atoms with E-state index in [1.807, 2.05) is 11.3 Å². The third kappa shape index (κ3) is 4.92. The second kappa shape index (κ2) is 12.7. The van der Waals surface area contributed by atoms with Crippen molar-refractivity contribution in [1.29, 1.82) is 0 Å². The van der Waals surface area contributed by atoms with Gasteiger partial charge in [0.15, 0.2) is 0 Å². The second-order valence-electron chi connectivity index (χ2n) is 14.4. The predicted molar refractivity (Wildman–Crippen MR) is 234 cm³/mol. The molecular formula is C53H35NS. The predicted octanol–water partition coefficient (Wildman–Crippen LogP) is 14.7. The third-order valence-electron chi connectivity index (χ3n) is 11.6. The molecule has 0 unspecified atom stereocenters. The fourth-order valence-corrected chi connectivity index (χ4v) is 10.3. The molecule has 0 amide bonds. The molecule has 0 saturated heterocycles. The highest BCUT2D eigenvalue weighted by atomic mass is 32.1. The fraction of sp³-hybridized carbons (Fsp3) is 0.0189. The lowest BCUT2D eigenvalue weighted by atomic mass is 9.68. The van der Waals surface area contributed by atoms with Gasteiger partial charge in [-0.1, -0.05) is 170 Å². The monoisotopic (exact) mass is 717 g/mol. The number of anilines is 3. The molecule has 0 bridgehead atoms. The molecule has 0 aliphatic heterocycles. The van der Waals surface area contributed by atoms with Crippen LogP contribution in [0.2, 0.25) is 0 Å². The van der Waals surface area contributed by atoms with E-state index in [0.29, 0.717) is 0 Å². The Morgan fingerprint density at radius 2 is 0.891 bits per heavy atom. The molecule has 0 radical (unpaired) electrons. The Morgan fingerprint density at radius 1 is 0.364 bits per heavy atom. The summed E-state index contributed by atoms with van der Waals surface area (Å²) in [5.74, 6) is 0. The largest absolute Gasteiger partial charge is 0.310 e. The molecule has 258 valence electrons. The van der Waals surface area contributed by atoms with Crippen molar-refractivity contribution >= 4 is 59.3 Å². The SMILES string of the molecule is c1ccc(-c2ccc(N(c3ccc(C4(c5ccccc5)c5ccccc5-c5ccccc54)cc3)c3ccc4c(ccc5c6ccccc6sc45)c3)cc2)cc1. The summed E-state index contributed by atoms with van der Waals surface area (Å²) >= 11 is 1.89. The first-order valence-electron chi connectivity index (χ1n) is 18.9. The summed E-state index contributed by atoms with van der Waals surface area (Å²) in [6.45, 7) is 0. The molecule has 1 nitrogen and oxygen atoms in total. The minimum atomic E-state index is -0.437. The van der Waals surface area contributed by atoms with Gasteiger partial charge in [-0.3, -0.25) is 0 Å². The van der Waals surface area contributed by atoms with Crippen molar-refractivity contribution in [2.45, 2.75) is 5.41 Å². The summed E-state index contributed by atoms with van der Waals surface area (Å²) in [7, 11) is 0. The van der Waals surface area contributed by atoms with E-state index in [1.54, 1.807) is 0 Å². The van der Waals surface area contributed by atoms with Crippen LogP contribution in [0.4, 0.5) is 17.1 Å². The van der Waals surface area contributed by atoms with Crippen LogP contribution in [0, 0.1) is 0 Å². The lowest BCUT2D eigenvalue weighted by Gasteiger charge is -2.34. The van der Waals surface area contributed by atoms with Crippen molar-refractivity contribution in [3.8, 4) is 22.3 Å². The summed E-state index contributed by atoms with van der Waals surface area (Å²) in [5, 5.41) is 5.18. The summed E-state index contributed by atoms with van der Waals surface area (Å²) < 4.78 is 2.67. The first-order chi connectivity index (χ1) is 27.3. The van der Waals surface area contributed by atoms with Gasteiger partial charge in [-0.05, 0) is 97.7 Å². The number of nitrogens with zero attached hydrogens (tertiary/aromatic N) is 1. The number of rotatable bonds is 6. The van der Waals surface area contributed by atoms with E-state index in [-0.39, 0.29) is 0 Å². The zero-order valence-corrected chi connectivity index (χ0v) is 30.9. The molecule has 0 atom stereocenters. The van der Waals surface area contributed by atoms with E-state index < -0.39 is 5.41 Å². The number of hydrogen-bond donors (Lipinski definition) is 0. The molecule has 11 rings (SSSR count). The van der Waals surface area contributed by atoms with E-state index in [9.17, 15) is 0 Å². The van der Waals surface area contributed by atoms with Crippen LogP contribution in [0.15, 0.2) is 212 Å². The van der Waals surface area contributed by atoms with Crippen molar-refractivity contribution in [2.75, 3.05) is 4.90 Å². The van der Waals surface area contributed by atoms with Gasteiger partial charge in [-0.15, -0.1) is 11.3 Å². The van der Waals surface area contributed by atoms with E-state index in [4.69, 9.17) is 0 Å². The highest BCUT2D eigenvalue weighted by molar-refractivity contribution is 7.26. The van der Waals surface area contributed by atoms with Gasteiger partial charge in [-0.25, -0.2) is 0 Å². The highest BCUT2D eigenvalue weighted by Gasteiger charge is 2.45. The van der Waals surface area contributed by atoms with Crippen LogP contribution in [-0.4, -0.2) is 0 Å². The molecule has 0 saturated carbocycles. The number of benzene rings is 9. The summed E-state index contributed by atoms with van der Waals surface area (Å²) in [5.41, 5.74) is 13.1. The Balaban J connectivity index is 1.08. The van der Waals surface area contributed by atoms with Crippen LogP contribution in [0.1, 0.15) is 22.3 Å². The van der Waals surface area contributed by atoms with Crippen LogP contribution < -0.4 is 4.90 Å². The Labute approximate surface area is 325 Å². The third-order valence-corrected chi connectivity index (χ3v) is 12.8. The summed E-state index contributed by atoms with van der Waals surface area (Å²) in [4.78, 5) is 2.40. The normalized spacial score (nSPS) is 12.9. The van der Waals surface area contributed by atoms with Crippen LogP contribution in [0.5, 0.6) is 0 Å². The molecular weight excluding hydrogens is 683 g/mol. The van der Waals surface area contributed by atoms with Gasteiger partial charge in [-0.2, -0.15) is 0 Å². The van der Waals surface area contributed by atoms with Gasteiger partial charge in [0.05, 0.1) is 5.41 Å². The van der Waals surface area contributed by atoms with E-state index in [2.05, 4.69) is 217 Å². The Hall–Kier alpha value is -6.74. The highest BCUT2D eigenvalue weighted by Crippen LogP contribution is 2.56. The molecule has 1 aliphatic rings. The summed E-state index contributed by atoms with van der Waals surface area (Å²) in [6.07, 6.45) is 0. The average molecular weight is 718 g/mol. The van der Waals surface area contributed by atoms with E-state index in [0.717, 1.165) is 17.1 Å². The maximum Gasteiger partial charge on any atom is 0.0713 e. The smallest absolute Gasteiger partial charge is 0.0713 e. The average Bonchev–Trinajstić information content (AvgIpc) is 3.79. The second-order valence-corrected chi connectivity index (χ2v) is 15.5. The van der Waals surface area contributed by atoms with Gasteiger partial charge in [0.1, 0.15) is 0 Å². The van der Waals surface area contributed by atoms with Crippen molar-refractivity contribution in [3.63, 3.8) is 0 Å². The quantitative estimate of drug-likeness (QED) is 0.166. The lowest BCUT2D eigenvalue weighted by molar-refractivity contribution is 0.768.